The maximum atomic E-state index is 11.3. The van der Waals surface area contributed by atoms with Crippen LogP contribution in [0.2, 0.25) is 0 Å². The minimum Gasteiger partial charge on any atom is -0.396 e. The van der Waals surface area contributed by atoms with E-state index in [1.54, 1.807) is 6.07 Å². The Morgan fingerprint density at radius 3 is 2.44 bits per heavy atom. The SMILES string of the molecule is CC1CCCC(C)N1c1cccc(C(N)=O)c1N. The van der Waals surface area contributed by atoms with Gasteiger partial charge in [0.2, 0.25) is 0 Å². The molecule has 2 unspecified atom stereocenters. The Morgan fingerprint density at radius 2 is 1.89 bits per heavy atom. The first-order chi connectivity index (χ1) is 8.52. The van der Waals surface area contributed by atoms with Crippen LogP contribution < -0.4 is 16.4 Å². The van der Waals surface area contributed by atoms with Gasteiger partial charge in [0.05, 0.1) is 16.9 Å². The Hall–Kier alpha value is -1.71. The number of primary amides is 1. The highest BCUT2D eigenvalue weighted by molar-refractivity contribution is 6.01. The van der Waals surface area contributed by atoms with Crippen molar-refractivity contribution in [1.29, 1.82) is 0 Å². The number of para-hydroxylation sites is 1. The number of hydrogen-bond acceptors (Lipinski definition) is 3. The molecule has 1 aromatic rings. The van der Waals surface area contributed by atoms with Crippen LogP contribution in [0.25, 0.3) is 0 Å². The Labute approximate surface area is 108 Å². The number of carbonyl (C=O) groups excluding carboxylic acids is 1. The number of anilines is 2. The summed E-state index contributed by atoms with van der Waals surface area (Å²) in [7, 11) is 0. The molecule has 0 saturated carbocycles. The number of piperidine rings is 1. The second-order valence-corrected chi connectivity index (χ2v) is 5.14. The maximum Gasteiger partial charge on any atom is 0.250 e. The van der Waals surface area contributed by atoms with E-state index >= 15 is 0 Å². The molecule has 1 aliphatic rings. The Morgan fingerprint density at radius 1 is 1.28 bits per heavy atom. The first kappa shape index (κ1) is 12.7. The van der Waals surface area contributed by atoms with Crippen LogP contribution in [-0.4, -0.2) is 18.0 Å². The summed E-state index contributed by atoms with van der Waals surface area (Å²) in [6, 6.07) is 6.39. The highest BCUT2D eigenvalue weighted by atomic mass is 16.1. The van der Waals surface area contributed by atoms with Crippen LogP contribution in [0.5, 0.6) is 0 Å². The number of hydrogen-bond donors (Lipinski definition) is 2. The number of amides is 1. The van der Waals surface area contributed by atoms with E-state index in [0.29, 0.717) is 23.3 Å². The van der Waals surface area contributed by atoms with Gasteiger partial charge in [-0.1, -0.05) is 6.07 Å². The molecular formula is C14H21N3O. The van der Waals surface area contributed by atoms with Crippen molar-refractivity contribution in [2.45, 2.75) is 45.2 Å². The first-order valence-electron chi connectivity index (χ1n) is 6.49. The van der Waals surface area contributed by atoms with Crippen molar-refractivity contribution in [2.75, 3.05) is 10.6 Å². The Kier molecular flexibility index (Phi) is 3.45. The molecule has 0 spiro atoms. The zero-order chi connectivity index (χ0) is 13.3. The smallest absolute Gasteiger partial charge is 0.250 e. The predicted molar refractivity (Wildman–Crippen MR) is 74.6 cm³/mol. The van der Waals surface area contributed by atoms with Crippen molar-refractivity contribution in [1.82, 2.24) is 0 Å². The van der Waals surface area contributed by atoms with E-state index in [1.165, 1.54) is 6.42 Å². The third-order valence-electron chi connectivity index (χ3n) is 3.82. The van der Waals surface area contributed by atoms with Gasteiger partial charge in [-0.2, -0.15) is 0 Å². The molecule has 0 aromatic heterocycles. The molecule has 2 rings (SSSR count). The molecule has 0 bridgehead atoms. The molecule has 1 aromatic carbocycles. The highest BCUT2D eigenvalue weighted by Crippen LogP contribution is 2.34. The predicted octanol–water partition coefficient (Wildman–Crippen LogP) is 2.14. The molecule has 1 fully saturated rings. The molecule has 4 nitrogen and oxygen atoms in total. The fraction of sp³-hybridized carbons (Fsp3) is 0.500. The third-order valence-corrected chi connectivity index (χ3v) is 3.82. The van der Waals surface area contributed by atoms with Crippen molar-refractivity contribution < 1.29 is 4.79 Å². The second-order valence-electron chi connectivity index (χ2n) is 5.14. The molecule has 2 atom stereocenters. The molecule has 18 heavy (non-hydrogen) atoms. The highest BCUT2D eigenvalue weighted by Gasteiger charge is 2.27. The lowest BCUT2D eigenvalue weighted by molar-refractivity contribution is 0.100. The van der Waals surface area contributed by atoms with Crippen LogP contribution in [-0.2, 0) is 0 Å². The lowest BCUT2D eigenvalue weighted by atomic mass is 9.95. The van der Waals surface area contributed by atoms with Gasteiger partial charge in [0.1, 0.15) is 0 Å². The lowest BCUT2D eigenvalue weighted by Crippen LogP contribution is -2.44. The van der Waals surface area contributed by atoms with Crippen molar-refractivity contribution in [3.8, 4) is 0 Å². The zero-order valence-electron chi connectivity index (χ0n) is 11.0. The van der Waals surface area contributed by atoms with E-state index in [9.17, 15) is 4.79 Å². The maximum absolute atomic E-state index is 11.3. The van der Waals surface area contributed by atoms with Crippen LogP contribution in [0.3, 0.4) is 0 Å². The molecule has 98 valence electrons. The minimum absolute atomic E-state index is 0.414. The summed E-state index contributed by atoms with van der Waals surface area (Å²) in [5, 5.41) is 0. The molecule has 1 amide bonds. The summed E-state index contributed by atoms with van der Waals surface area (Å²) in [4.78, 5) is 13.7. The fourth-order valence-electron chi connectivity index (χ4n) is 2.89. The number of carbonyl (C=O) groups is 1. The summed E-state index contributed by atoms with van der Waals surface area (Å²) in [6.45, 7) is 4.40. The number of benzene rings is 1. The van der Waals surface area contributed by atoms with Crippen LogP contribution in [0, 0.1) is 0 Å². The monoisotopic (exact) mass is 247 g/mol. The van der Waals surface area contributed by atoms with Gasteiger partial charge in [-0.15, -0.1) is 0 Å². The third kappa shape index (κ3) is 2.15. The van der Waals surface area contributed by atoms with E-state index in [1.807, 2.05) is 12.1 Å². The molecule has 0 radical (unpaired) electrons. The lowest BCUT2D eigenvalue weighted by Gasteiger charge is -2.41. The van der Waals surface area contributed by atoms with Gasteiger partial charge in [0.25, 0.3) is 5.91 Å². The average molecular weight is 247 g/mol. The molecule has 4 N–H and O–H groups in total. The van der Waals surface area contributed by atoms with Crippen LogP contribution >= 0.6 is 0 Å². The largest absolute Gasteiger partial charge is 0.396 e. The van der Waals surface area contributed by atoms with Gasteiger partial charge in [-0.25, -0.2) is 0 Å². The Bertz CT molecular complexity index is 448. The standard InChI is InChI=1S/C14H21N3O/c1-9-5-3-6-10(2)17(9)12-8-4-7-11(13(12)15)14(16)18/h4,7-10H,3,5-6,15H2,1-2H3,(H2,16,18). The van der Waals surface area contributed by atoms with Crippen LogP contribution in [0.15, 0.2) is 18.2 Å². The molecule has 1 heterocycles. The van der Waals surface area contributed by atoms with Gasteiger partial charge in [0.15, 0.2) is 0 Å². The quantitative estimate of drug-likeness (QED) is 0.786. The summed E-state index contributed by atoms with van der Waals surface area (Å²) in [5.74, 6) is -0.466. The van der Waals surface area contributed by atoms with Crippen molar-refractivity contribution in [3.63, 3.8) is 0 Å². The molecule has 4 heteroatoms. The Balaban J connectivity index is 2.43. The number of rotatable bonds is 2. The summed E-state index contributed by atoms with van der Waals surface area (Å²) >= 11 is 0. The van der Waals surface area contributed by atoms with Gasteiger partial charge in [-0.05, 0) is 45.2 Å². The van der Waals surface area contributed by atoms with E-state index in [2.05, 4.69) is 18.7 Å². The van der Waals surface area contributed by atoms with Gasteiger partial charge >= 0.3 is 0 Å². The van der Waals surface area contributed by atoms with Crippen LogP contribution in [0.4, 0.5) is 11.4 Å². The number of nitrogens with two attached hydrogens (primary N) is 2. The van der Waals surface area contributed by atoms with Crippen LogP contribution in [0.1, 0.15) is 43.5 Å². The molecule has 0 aliphatic carbocycles. The van der Waals surface area contributed by atoms with Crippen molar-refractivity contribution in [3.05, 3.63) is 23.8 Å². The molecule has 1 aliphatic heterocycles. The summed E-state index contributed by atoms with van der Waals surface area (Å²) < 4.78 is 0. The average Bonchev–Trinajstić information content (AvgIpc) is 2.30. The number of nitrogen functional groups attached to an aromatic ring is 1. The van der Waals surface area contributed by atoms with E-state index in [-0.39, 0.29) is 0 Å². The normalized spacial score (nSPS) is 24.0. The van der Waals surface area contributed by atoms with Gasteiger partial charge in [-0.3, -0.25) is 4.79 Å². The number of nitrogens with zero attached hydrogens (tertiary/aromatic N) is 1. The topological polar surface area (TPSA) is 72.3 Å². The fourth-order valence-corrected chi connectivity index (χ4v) is 2.89. The zero-order valence-corrected chi connectivity index (χ0v) is 11.0. The van der Waals surface area contributed by atoms with E-state index in [0.717, 1.165) is 18.5 Å². The molecular weight excluding hydrogens is 226 g/mol. The minimum atomic E-state index is -0.466. The first-order valence-corrected chi connectivity index (χ1v) is 6.49. The van der Waals surface area contributed by atoms with E-state index < -0.39 is 5.91 Å². The summed E-state index contributed by atoms with van der Waals surface area (Å²) in [5.41, 5.74) is 13.3. The summed E-state index contributed by atoms with van der Waals surface area (Å²) in [6.07, 6.45) is 3.56. The molecule has 1 saturated heterocycles. The van der Waals surface area contributed by atoms with Gasteiger partial charge in [0, 0.05) is 12.1 Å². The second kappa shape index (κ2) is 4.88. The van der Waals surface area contributed by atoms with Gasteiger partial charge < -0.3 is 16.4 Å². The van der Waals surface area contributed by atoms with Crippen molar-refractivity contribution in [2.24, 2.45) is 5.73 Å². The van der Waals surface area contributed by atoms with E-state index in [4.69, 9.17) is 11.5 Å². The van der Waals surface area contributed by atoms with Crippen molar-refractivity contribution >= 4 is 17.3 Å².